The number of methoxy groups -OCH3 is 1. The van der Waals surface area contributed by atoms with Crippen molar-refractivity contribution in [2.45, 2.75) is 26.4 Å². The molecule has 0 unspecified atom stereocenters. The molecule has 0 fully saturated rings. The summed E-state index contributed by atoms with van der Waals surface area (Å²) in [6.45, 7) is 3.19. The summed E-state index contributed by atoms with van der Waals surface area (Å²) in [7, 11) is 1.33. The van der Waals surface area contributed by atoms with Gasteiger partial charge < -0.3 is 10.1 Å². The highest BCUT2D eigenvalue weighted by molar-refractivity contribution is 6.31. The molecule has 1 amide bonds. The van der Waals surface area contributed by atoms with E-state index in [0.29, 0.717) is 28.0 Å². The number of carbonyl (C=O) groups excluding carboxylic acids is 2. The van der Waals surface area contributed by atoms with Crippen molar-refractivity contribution in [2.24, 2.45) is 0 Å². The molecule has 36 heavy (non-hydrogen) atoms. The highest BCUT2D eigenvalue weighted by atomic mass is 35.5. The van der Waals surface area contributed by atoms with Gasteiger partial charge in [0, 0.05) is 28.4 Å². The second-order valence-corrected chi connectivity index (χ2v) is 8.79. The Hall–Kier alpha value is -4.11. The summed E-state index contributed by atoms with van der Waals surface area (Å²) in [6, 6.07) is 10.6. The number of aldehydes is 1. The highest BCUT2D eigenvalue weighted by Gasteiger charge is 2.21. The van der Waals surface area contributed by atoms with Crippen LogP contribution in [0.3, 0.4) is 0 Å². The molecule has 10 heteroatoms. The maximum atomic E-state index is 15.2. The van der Waals surface area contributed by atoms with Crippen LogP contribution in [0.5, 0.6) is 5.75 Å². The summed E-state index contributed by atoms with van der Waals surface area (Å²) in [5.41, 5.74) is 0.933. The van der Waals surface area contributed by atoms with Gasteiger partial charge in [0.05, 0.1) is 18.1 Å². The first kappa shape index (κ1) is 25.0. The van der Waals surface area contributed by atoms with Gasteiger partial charge in [-0.05, 0) is 55.8 Å². The average Bonchev–Trinajstić information content (AvgIpc) is 2.84. The minimum Gasteiger partial charge on any atom is -0.494 e. The van der Waals surface area contributed by atoms with Crippen LogP contribution in [0.4, 0.5) is 4.39 Å². The molecule has 8 nitrogen and oxygen atoms in total. The van der Waals surface area contributed by atoms with Crippen molar-refractivity contribution < 1.29 is 18.7 Å². The van der Waals surface area contributed by atoms with Gasteiger partial charge in [0.2, 0.25) is 5.91 Å². The van der Waals surface area contributed by atoms with Crippen molar-refractivity contribution in [3.8, 4) is 28.3 Å². The normalized spacial score (nSPS) is 11.1. The fourth-order valence-electron chi connectivity index (χ4n) is 3.82. The second-order valence-electron chi connectivity index (χ2n) is 8.36. The first-order valence-corrected chi connectivity index (χ1v) is 11.4. The molecule has 0 aliphatic heterocycles. The lowest BCUT2D eigenvalue weighted by atomic mass is 10.0. The lowest BCUT2D eigenvalue weighted by Gasteiger charge is -2.16. The van der Waals surface area contributed by atoms with Crippen LogP contribution in [-0.2, 0) is 11.3 Å². The number of aromatic nitrogens is 3. The Bertz CT molecular complexity index is 1550. The van der Waals surface area contributed by atoms with Crippen molar-refractivity contribution in [3.63, 3.8) is 0 Å². The van der Waals surface area contributed by atoms with Crippen LogP contribution in [-0.4, -0.2) is 39.9 Å². The van der Waals surface area contributed by atoms with Gasteiger partial charge in [-0.25, -0.2) is 14.4 Å². The SMILES string of the molecule is COc1cccc(-c2nc3ncc(-c4cc(Cl)cc(C=O)c4)cc3c(=O)n2CC(=O)NC(C)C)c1F. The third kappa shape index (κ3) is 4.96. The lowest BCUT2D eigenvalue weighted by molar-refractivity contribution is -0.122. The largest absolute Gasteiger partial charge is 0.494 e. The molecule has 0 spiro atoms. The van der Waals surface area contributed by atoms with Gasteiger partial charge in [-0.2, -0.15) is 0 Å². The van der Waals surface area contributed by atoms with Crippen LogP contribution < -0.4 is 15.6 Å². The van der Waals surface area contributed by atoms with Crippen LogP contribution >= 0.6 is 11.6 Å². The molecular formula is C26H22ClFN4O4. The Labute approximate surface area is 210 Å². The van der Waals surface area contributed by atoms with E-state index in [0.717, 1.165) is 4.57 Å². The zero-order chi connectivity index (χ0) is 26.0. The number of halogens is 2. The molecule has 2 aromatic carbocycles. The minimum absolute atomic E-state index is 0.0120. The van der Waals surface area contributed by atoms with Gasteiger partial charge in [-0.3, -0.25) is 19.0 Å². The summed E-state index contributed by atoms with van der Waals surface area (Å²) in [4.78, 5) is 46.3. The van der Waals surface area contributed by atoms with E-state index in [1.165, 1.54) is 31.5 Å². The quantitative estimate of drug-likeness (QED) is 0.374. The third-order valence-corrected chi connectivity index (χ3v) is 5.59. The zero-order valence-electron chi connectivity index (χ0n) is 19.7. The van der Waals surface area contributed by atoms with E-state index in [-0.39, 0.29) is 40.8 Å². The third-order valence-electron chi connectivity index (χ3n) is 5.37. The van der Waals surface area contributed by atoms with E-state index in [2.05, 4.69) is 15.3 Å². The van der Waals surface area contributed by atoms with Gasteiger partial charge in [0.15, 0.2) is 17.2 Å². The minimum atomic E-state index is -0.721. The zero-order valence-corrected chi connectivity index (χ0v) is 20.5. The van der Waals surface area contributed by atoms with Crippen LogP contribution in [0, 0.1) is 5.82 Å². The van der Waals surface area contributed by atoms with Crippen molar-refractivity contribution in [3.05, 3.63) is 75.4 Å². The van der Waals surface area contributed by atoms with Crippen LogP contribution in [0.2, 0.25) is 5.02 Å². The molecule has 2 aromatic heterocycles. The van der Waals surface area contributed by atoms with Crippen LogP contribution in [0.25, 0.3) is 33.5 Å². The molecule has 184 valence electrons. The number of nitrogens with one attached hydrogen (secondary N) is 1. The highest BCUT2D eigenvalue weighted by Crippen LogP contribution is 2.29. The van der Waals surface area contributed by atoms with Crippen molar-refractivity contribution in [2.75, 3.05) is 7.11 Å². The number of hydrogen-bond donors (Lipinski definition) is 1. The number of fused-ring (bicyclic) bond motifs is 1. The number of ether oxygens (including phenoxy) is 1. The molecule has 0 aliphatic rings. The summed E-state index contributed by atoms with van der Waals surface area (Å²) < 4.78 is 21.4. The lowest BCUT2D eigenvalue weighted by Crippen LogP contribution is -2.37. The maximum absolute atomic E-state index is 15.2. The number of pyridine rings is 1. The van der Waals surface area contributed by atoms with Crippen molar-refractivity contribution in [1.29, 1.82) is 0 Å². The standard InChI is InChI=1S/C26H22ClFN4O4/c1-14(2)30-22(34)12-32-25(19-5-4-6-21(36-3)23(19)28)31-24-20(26(32)35)10-17(11-29-24)16-7-15(13-33)8-18(27)9-16/h4-11,13-14H,12H2,1-3H3,(H,30,34). The summed E-state index contributed by atoms with van der Waals surface area (Å²) >= 11 is 6.13. The molecule has 1 N–H and O–H groups in total. The molecule has 4 aromatic rings. The van der Waals surface area contributed by atoms with E-state index < -0.39 is 17.3 Å². The first-order chi connectivity index (χ1) is 17.2. The smallest absolute Gasteiger partial charge is 0.263 e. The number of nitrogens with zero attached hydrogens (tertiary/aromatic N) is 3. The first-order valence-electron chi connectivity index (χ1n) is 11.0. The van der Waals surface area contributed by atoms with E-state index in [1.807, 2.05) is 0 Å². The van der Waals surface area contributed by atoms with Crippen LogP contribution in [0.15, 0.2) is 53.5 Å². The summed E-state index contributed by atoms with van der Waals surface area (Å²) in [5.74, 6) is -1.25. The predicted octanol–water partition coefficient (Wildman–Crippen LogP) is 4.26. The molecule has 2 heterocycles. The monoisotopic (exact) mass is 508 g/mol. The van der Waals surface area contributed by atoms with E-state index in [9.17, 15) is 14.4 Å². The molecule has 4 rings (SSSR count). The fraction of sp³-hybridized carbons (Fsp3) is 0.192. The molecule has 0 atom stereocenters. The number of rotatable bonds is 7. The summed E-state index contributed by atoms with van der Waals surface area (Å²) in [5, 5.41) is 3.19. The number of benzene rings is 2. The van der Waals surface area contributed by atoms with Gasteiger partial charge in [-0.1, -0.05) is 17.7 Å². The van der Waals surface area contributed by atoms with Crippen LogP contribution in [0.1, 0.15) is 24.2 Å². The number of carbonyl (C=O) groups is 2. The van der Waals surface area contributed by atoms with E-state index >= 15 is 4.39 Å². The second kappa shape index (κ2) is 10.2. The Morgan fingerprint density at radius 2 is 2.00 bits per heavy atom. The Morgan fingerprint density at radius 1 is 1.22 bits per heavy atom. The number of amides is 1. The maximum Gasteiger partial charge on any atom is 0.263 e. The van der Waals surface area contributed by atoms with Gasteiger partial charge in [-0.15, -0.1) is 0 Å². The Morgan fingerprint density at radius 3 is 2.69 bits per heavy atom. The average molecular weight is 509 g/mol. The van der Waals surface area contributed by atoms with Crippen molar-refractivity contribution >= 4 is 34.8 Å². The molecule has 0 saturated heterocycles. The molecular weight excluding hydrogens is 487 g/mol. The summed E-state index contributed by atoms with van der Waals surface area (Å²) in [6.07, 6.45) is 2.15. The molecule has 0 bridgehead atoms. The molecule has 0 radical (unpaired) electrons. The fourth-order valence-corrected chi connectivity index (χ4v) is 4.06. The van der Waals surface area contributed by atoms with Crippen molar-refractivity contribution in [1.82, 2.24) is 19.9 Å². The molecule has 0 saturated carbocycles. The Balaban J connectivity index is 1.96. The van der Waals surface area contributed by atoms with Gasteiger partial charge >= 0.3 is 0 Å². The van der Waals surface area contributed by atoms with Gasteiger partial charge in [0.25, 0.3) is 5.56 Å². The predicted molar refractivity (Wildman–Crippen MR) is 135 cm³/mol. The van der Waals surface area contributed by atoms with E-state index in [4.69, 9.17) is 16.3 Å². The number of hydrogen-bond acceptors (Lipinski definition) is 6. The molecule has 0 aliphatic carbocycles. The van der Waals surface area contributed by atoms with E-state index in [1.54, 1.807) is 38.1 Å². The van der Waals surface area contributed by atoms with Gasteiger partial charge in [0.1, 0.15) is 18.7 Å². The topological polar surface area (TPSA) is 103 Å². The Kier molecular flexibility index (Phi) is 7.12.